The standard InChI is InChI=1S/C15H13ClFNO/c1-10(19)18-15(11-2-6-13(16)7-3-11)12-4-8-14(17)9-5-12/h2-9,15H,1H3,(H,18,19). The monoisotopic (exact) mass is 277 g/mol. The highest BCUT2D eigenvalue weighted by atomic mass is 35.5. The second-order valence-corrected chi connectivity index (χ2v) is 4.67. The van der Waals surface area contributed by atoms with Gasteiger partial charge < -0.3 is 5.32 Å². The van der Waals surface area contributed by atoms with Crippen LogP contribution in [0.4, 0.5) is 4.39 Å². The zero-order valence-electron chi connectivity index (χ0n) is 10.4. The normalized spacial score (nSPS) is 11.9. The molecular weight excluding hydrogens is 265 g/mol. The van der Waals surface area contributed by atoms with Crippen LogP contribution in [-0.4, -0.2) is 5.91 Å². The lowest BCUT2D eigenvalue weighted by atomic mass is 9.98. The molecule has 2 aromatic carbocycles. The van der Waals surface area contributed by atoms with E-state index in [-0.39, 0.29) is 17.8 Å². The van der Waals surface area contributed by atoms with Crippen LogP contribution in [0.25, 0.3) is 0 Å². The lowest BCUT2D eigenvalue weighted by Gasteiger charge is -2.19. The molecule has 0 aromatic heterocycles. The van der Waals surface area contributed by atoms with Crippen LogP contribution in [-0.2, 0) is 4.79 Å². The van der Waals surface area contributed by atoms with Crippen LogP contribution < -0.4 is 5.32 Å². The van der Waals surface area contributed by atoms with Crippen molar-refractivity contribution in [1.82, 2.24) is 5.32 Å². The first-order valence-corrected chi connectivity index (χ1v) is 6.22. The molecule has 0 aliphatic rings. The quantitative estimate of drug-likeness (QED) is 0.910. The van der Waals surface area contributed by atoms with E-state index in [0.717, 1.165) is 11.1 Å². The summed E-state index contributed by atoms with van der Waals surface area (Å²) >= 11 is 5.85. The Hall–Kier alpha value is -1.87. The van der Waals surface area contributed by atoms with E-state index >= 15 is 0 Å². The number of rotatable bonds is 3. The Morgan fingerprint density at radius 2 is 1.53 bits per heavy atom. The van der Waals surface area contributed by atoms with Crippen LogP contribution in [0, 0.1) is 5.82 Å². The van der Waals surface area contributed by atoms with E-state index < -0.39 is 0 Å². The summed E-state index contributed by atoms with van der Waals surface area (Å²) in [5.74, 6) is -0.453. The predicted molar refractivity (Wildman–Crippen MR) is 73.5 cm³/mol. The Morgan fingerprint density at radius 3 is 2.00 bits per heavy atom. The van der Waals surface area contributed by atoms with Gasteiger partial charge in [-0.05, 0) is 35.4 Å². The van der Waals surface area contributed by atoms with Gasteiger partial charge in [-0.15, -0.1) is 0 Å². The molecule has 0 spiro atoms. The van der Waals surface area contributed by atoms with Gasteiger partial charge in [0.25, 0.3) is 0 Å². The molecule has 4 heteroatoms. The van der Waals surface area contributed by atoms with E-state index in [9.17, 15) is 9.18 Å². The van der Waals surface area contributed by atoms with E-state index in [1.54, 1.807) is 24.3 Å². The summed E-state index contributed by atoms with van der Waals surface area (Å²) in [6, 6.07) is 13.0. The van der Waals surface area contributed by atoms with Gasteiger partial charge in [0.2, 0.25) is 5.91 Å². The Bertz CT molecular complexity index is 520. The van der Waals surface area contributed by atoms with Crippen molar-refractivity contribution in [3.8, 4) is 0 Å². The summed E-state index contributed by atoms with van der Waals surface area (Å²) in [4.78, 5) is 11.3. The molecule has 2 aromatic rings. The molecular formula is C15H13ClFNO. The van der Waals surface area contributed by atoms with E-state index in [2.05, 4.69) is 5.32 Å². The molecule has 1 atom stereocenters. The number of carbonyl (C=O) groups excluding carboxylic acids is 1. The van der Waals surface area contributed by atoms with E-state index in [1.807, 2.05) is 12.1 Å². The Kier molecular flexibility index (Phi) is 4.17. The van der Waals surface area contributed by atoms with Gasteiger partial charge in [0.15, 0.2) is 0 Å². The lowest BCUT2D eigenvalue weighted by molar-refractivity contribution is -0.119. The molecule has 1 N–H and O–H groups in total. The molecule has 1 amide bonds. The van der Waals surface area contributed by atoms with Crippen molar-refractivity contribution in [2.24, 2.45) is 0 Å². The molecule has 0 saturated carbocycles. The summed E-state index contributed by atoms with van der Waals surface area (Å²) in [6.45, 7) is 1.45. The van der Waals surface area contributed by atoms with Crippen LogP contribution in [0.3, 0.4) is 0 Å². The Balaban J connectivity index is 2.37. The Labute approximate surface area is 116 Å². The number of nitrogens with one attached hydrogen (secondary N) is 1. The third-order valence-electron chi connectivity index (χ3n) is 2.75. The highest BCUT2D eigenvalue weighted by molar-refractivity contribution is 6.30. The molecule has 0 aliphatic heterocycles. The van der Waals surface area contributed by atoms with Crippen LogP contribution >= 0.6 is 11.6 Å². The van der Waals surface area contributed by atoms with Crippen LogP contribution in [0.2, 0.25) is 5.02 Å². The maximum absolute atomic E-state index is 13.0. The number of amides is 1. The number of carbonyl (C=O) groups is 1. The number of hydrogen-bond acceptors (Lipinski definition) is 1. The number of halogens is 2. The molecule has 1 unspecified atom stereocenters. The fourth-order valence-corrected chi connectivity index (χ4v) is 2.00. The van der Waals surface area contributed by atoms with Crippen molar-refractivity contribution in [3.63, 3.8) is 0 Å². The first-order valence-electron chi connectivity index (χ1n) is 5.84. The predicted octanol–water partition coefficient (Wildman–Crippen LogP) is 3.70. The second kappa shape index (κ2) is 5.85. The van der Waals surface area contributed by atoms with Gasteiger partial charge >= 0.3 is 0 Å². The van der Waals surface area contributed by atoms with Gasteiger partial charge in [-0.1, -0.05) is 35.9 Å². The minimum Gasteiger partial charge on any atom is -0.345 e. The second-order valence-electron chi connectivity index (χ2n) is 4.24. The van der Waals surface area contributed by atoms with Gasteiger partial charge in [-0.2, -0.15) is 0 Å². The fraction of sp³-hybridized carbons (Fsp3) is 0.133. The smallest absolute Gasteiger partial charge is 0.217 e. The zero-order chi connectivity index (χ0) is 13.8. The fourth-order valence-electron chi connectivity index (χ4n) is 1.87. The number of benzene rings is 2. The molecule has 2 nitrogen and oxygen atoms in total. The van der Waals surface area contributed by atoms with Crippen molar-refractivity contribution in [1.29, 1.82) is 0 Å². The average Bonchev–Trinajstić information content (AvgIpc) is 2.38. The van der Waals surface area contributed by atoms with Gasteiger partial charge in [0, 0.05) is 11.9 Å². The van der Waals surface area contributed by atoms with E-state index in [4.69, 9.17) is 11.6 Å². The summed E-state index contributed by atoms with van der Waals surface area (Å²) in [5.41, 5.74) is 1.71. The zero-order valence-corrected chi connectivity index (χ0v) is 11.1. The molecule has 0 heterocycles. The van der Waals surface area contributed by atoms with Crippen molar-refractivity contribution in [2.75, 3.05) is 0 Å². The van der Waals surface area contributed by atoms with Crippen molar-refractivity contribution in [3.05, 3.63) is 70.5 Å². The van der Waals surface area contributed by atoms with Crippen molar-refractivity contribution >= 4 is 17.5 Å². The molecule has 2 rings (SSSR count). The topological polar surface area (TPSA) is 29.1 Å². The third kappa shape index (κ3) is 3.55. The highest BCUT2D eigenvalue weighted by Gasteiger charge is 2.15. The molecule has 0 aliphatic carbocycles. The van der Waals surface area contributed by atoms with Crippen molar-refractivity contribution in [2.45, 2.75) is 13.0 Å². The maximum Gasteiger partial charge on any atom is 0.217 e. The minimum absolute atomic E-state index is 0.149. The largest absolute Gasteiger partial charge is 0.345 e. The molecule has 0 radical (unpaired) electrons. The minimum atomic E-state index is -0.310. The first-order chi connectivity index (χ1) is 9.06. The highest BCUT2D eigenvalue weighted by Crippen LogP contribution is 2.23. The van der Waals surface area contributed by atoms with Gasteiger partial charge in [-0.25, -0.2) is 4.39 Å². The summed E-state index contributed by atoms with van der Waals surface area (Å²) in [6.07, 6.45) is 0. The van der Waals surface area contributed by atoms with Crippen molar-refractivity contribution < 1.29 is 9.18 Å². The van der Waals surface area contributed by atoms with E-state index in [1.165, 1.54) is 19.1 Å². The van der Waals surface area contributed by atoms with Gasteiger partial charge in [0.05, 0.1) is 6.04 Å². The maximum atomic E-state index is 13.0. The molecule has 0 saturated heterocycles. The van der Waals surface area contributed by atoms with Crippen LogP contribution in [0.15, 0.2) is 48.5 Å². The lowest BCUT2D eigenvalue weighted by Crippen LogP contribution is -2.26. The van der Waals surface area contributed by atoms with E-state index in [0.29, 0.717) is 5.02 Å². The molecule has 19 heavy (non-hydrogen) atoms. The number of hydrogen-bond donors (Lipinski definition) is 1. The molecule has 98 valence electrons. The SMILES string of the molecule is CC(=O)NC(c1ccc(F)cc1)c1ccc(Cl)cc1. The summed E-state index contributed by atoms with van der Waals surface area (Å²) in [5, 5.41) is 3.48. The van der Waals surface area contributed by atoms with Crippen LogP contribution in [0.1, 0.15) is 24.1 Å². The molecule has 0 bridgehead atoms. The van der Waals surface area contributed by atoms with Crippen LogP contribution in [0.5, 0.6) is 0 Å². The van der Waals surface area contributed by atoms with Gasteiger partial charge in [-0.3, -0.25) is 4.79 Å². The third-order valence-corrected chi connectivity index (χ3v) is 3.01. The average molecular weight is 278 g/mol. The first kappa shape index (κ1) is 13.6. The molecule has 0 fully saturated rings. The Morgan fingerprint density at radius 1 is 1.05 bits per heavy atom. The summed E-state index contributed by atoms with van der Waals surface area (Å²) < 4.78 is 13.0. The summed E-state index contributed by atoms with van der Waals surface area (Å²) in [7, 11) is 0. The van der Waals surface area contributed by atoms with Gasteiger partial charge in [0.1, 0.15) is 5.82 Å².